The smallest absolute Gasteiger partial charge is 0.255 e. The molecule has 0 heterocycles. The zero-order valence-electron chi connectivity index (χ0n) is 14.5. The minimum atomic E-state index is -1.90. The molecule has 0 spiro atoms. The van der Waals surface area contributed by atoms with Crippen LogP contribution in [0.3, 0.4) is 0 Å². The molecule has 0 aliphatic carbocycles. The Morgan fingerprint density at radius 2 is 1.37 bits per heavy atom. The lowest BCUT2D eigenvalue weighted by atomic mass is 10.1. The first-order chi connectivity index (χ1) is 8.18. The molecule has 0 saturated carbocycles. The van der Waals surface area contributed by atoms with Crippen LogP contribution in [-0.4, -0.2) is 30.6 Å². The van der Waals surface area contributed by atoms with Crippen LogP contribution in [0.1, 0.15) is 20.3 Å². The van der Waals surface area contributed by atoms with Gasteiger partial charge < -0.3 is 8.54 Å². The van der Waals surface area contributed by atoms with E-state index >= 15 is 0 Å². The summed E-state index contributed by atoms with van der Waals surface area (Å²) in [4.78, 5) is 0. The first-order valence-electron chi connectivity index (χ1n) is 7.13. The van der Waals surface area contributed by atoms with E-state index in [0.29, 0.717) is 0 Å². The van der Waals surface area contributed by atoms with Crippen molar-refractivity contribution >= 4 is 25.0 Å². The van der Waals surface area contributed by atoms with Crippen LogP contribution in [0.5, 0.6) is 0 Å². The van der Waals surface area contributed by atoms with Crippen LogP contribution in [0.4, 0.5) is 0 Å². The third-order valence-electron chi connectivity index (χ3n) is 2.40. The molecule has 112 valence electrons. The molecule has 1 atom stereocenters. The molecule has 0 radical (unpaired) electrons. The van der Waals surface area contributed by atoms with Crippen molar-refractivity contribution in [1.29, 1.82) is 0 Å². The first kappa shape index (κ1) is 19.1. The molecule has 2 nitrogen and oxygen atoms in total. The van der Waals surface area contributed by atoms with E-state index in [4.69, 9.17) is 8.54 Å². The Labute approximate surface area is 123 Å². The maximum atomic E-state index is 6.26. The van der Waals surface area contributed by atoms with Gasteiger partial charge in [0.2, 0.25) is 0 Å². The second-order valence-corrected chi connectivity index (χ2v) is 20.5. The van der Waals surface area contributed by atoms with Crippen LogP contribution in [0.15, 0.2) is 0 Å². The number of hydrogen-bond donors (Lipinski definition) is 0. The molecular weight excluding hydrogens is 284 g/mol. The van der Waals surface area contributed by atoms with Crippen molar-refractivity contribution in [2.24, 2.45) is 0 Å². The van der Waals surface area contributed by atoms with Crippen LogP contribution in [-0.2, 0) is 8.54 Å². The monoisotopic (exact) mass is 316 g/mol. The van der Waals surface area contributed by atoms with Gasteiger partial charge in [-0.3, -0.25) is 0 Å². The topological polar surface area (TPSA) is 18.5 Å². The lowest BCUT2D eigenvalue weighted by molar-refractivity contribution is 0.138. The van der Waals surface area contributed by atoms with E-state index in [2.05, 4.69) is 77.7 Å². The zero-order chi connectivity index (χ0) is 15.5. The lowest BCUT2D eigenvalue weighted by Gasteiger charge is -2.32. The third-order valence-corrected chi connectivity index (χ3v) is 8.68. The molecule has 0 aliphatic rings. The van der Waals surface area contributed by atoms with E-state index in [1.54, 1.807) is 0 Å². The summed E-state index contributed by atoms with van der Waals surface area (Å²) in [7, 11) is -5.00. The van der Waals surface area contributed by atoms with E-state index in [-0.39, 0.29) is 5.60 Å². The summed E-state index contributed by atoms with van der Waals surface area (Å²) in [5.41, 5.74) is 3.11. The first-order valence-corrected chi connectivity index (χ1v) is 16.9. The molecular formula is C14H32O2Si3. The normalized spacial score (nSPS) is 16.5. The maximum Gasteiger partial charge on any atom is 0.255 e. The fraction of sp³-hybridized carbons (Fsp3) is 0.857. The predicted octanol–water partition coefficient (Wildman–Crippen LogP) is 4.61. The van der Waals surface area contributed by atoms with Gasteiger partial charge in [0.15, 0.2) is 16.6 Å². The average molecular weight is 317 g/mol. The SMILES string of the molecule is CCC(C)(C#C[Si](C)(C)O[Si](C)(C)C)O[Si](C)(C)C. The zero-order valence-corrected chi connectivity index (χ0v) is 17.5. The Kier molecular flexibility index (Phi) is 6.31. The highest BCUT2D eigenvalue weighted by Crippen LogP contribution is 2.21. The van der Waals surface area contributed by atoms with Crippen molar-refractivity contribution in [2.75, 3.05) is 0 Å². The molecule has 0 saturated heterocycles. The van der Waals surface area contributed by atoms with E-state index in [1.807, 2.05) is 0 Å². The Hall–Kier alpha value is 0.131. The van der Waals surface area contributed by atoms with Gasteiger partial charge in [-0.05, 0) is 65.7 Å². The molecule has 0 N–H and O–H groups in total. The summed E-state index contributed by atoms with van der Waals surface area (Å²) >= 11 is 0. The van der Waals surface area contributed by atoms with Gasteiger partial charge in [0.05, 0.1) is 0 Å². The maximum absolute atomic E-state index is 6.26. The Bertz CT molecular complexity index is 356. The second-order valence-electron chi connectivity index (χ2n) is 7.77. The van der Waals surface area contributed by atoms with Gasteiger partial charge in [-0.1, -0.05) is 18.4 Å². The fourth-order valence-corrected chi connectivity index (χ4v) is 10.4. The van der Waals surface area contributed by atoms with E-state index in [9.17, 15) is 0 Å². The fourth-order valence-electron chi connectivity index (χ4n) is 1.94. The van der Waals surface area contributed by atoms with Crippen molar-refractivity contribution in [3.8, 4) is 11.5 Å². The molecule has 1 unspecified atom stereocenters. The number of hydrogen-bond acceptors (Lipinski definition) is 2. The van der Waals surface area contributed by atoms with Gasteiger partial charge in [-0.25, -0.2) is 0 Å². The quantitative estimate of drug-likeness (QED) is 0.545. The van der Waals surface area contributed by atoms with E-state index in [1.165, 1.54) is 0 Å². The molecule has 0 bridgehead atoms. The Morgan fingerprint density at radius 1 is 0.895 bits per heavy atom. The molecule has 0 aliphatic heterocycles. The van der Waals surface area contributed by atoms with Crippen LogP contribution >= 0.6 is 0 Å². The van der Waals surface area contributed by atoms with Gasteiger partial charge >= 0.3 is 0 Å². The minimum absolute atomic E-state index is 0.322. The highest BCUT2D eigenvalue weighted by Gasteiger charge is 2.31. The molecule has 0 aromatic carbocycles. The largest absolute Gasteiger partial charge is 0.447 e. The van der Waals surface area contributed by atoms with Gasteiger partial charge in [-0.2, -0.15) is 0 Å². The summed E-state index contributed by atoms with van der Waals surface area (Å²) in [6.07, 6.45) is 0.918. The second kappa shape index (κ2) is 6.27. The van der Waals surface area contributed by atoms with E-state index in [0.717, 1.165) is 6.42 Å². The van der Waals surface area contributed by atoms with E-state index < -0.39 is 25.0 Å². The average Bonchev–Trinajstić information content (AvgIpc) is 2.09. The summed E-state index contributed by atoms with van der Waals surface area (Å²) < 4.78 is 12.5. The summed E-state index contributed by atoms with van der Waals surface area (Å²) in [5, 5.41) is 0. The predicted molar refractivity (Wildman–Crippen MR) is 92.8 cm³/mol. The minimum Gasteiger partial charge on any atom is -0.447 e. The Morgan fingerprint density at radius 3 is 1.68 bits per heavy atom. The number of rotatable bonds is 5. The Balaban J connectivity index is 5.04. The lowest BCUT2D eigenvalue weighted by Crippen LogP contribution is -2.43. The van der Waals surface area contributed by atoms with Gasteiger partial charge in [0.25, 0.3) is 8.32 Å². The molecule has 0 aromatic rings. The van der Waals surface area contributed by atoms with Crippen LogP contribution in [0, 0.1) is 11.5 Å². The highest BCUT2D eigenvalue weighted by atomic mass is 28.4. The standard InChI is InChI=1S/C14H32O2Si3/c1-11-14(2,15-17(3,4)5)12-13-19(9,10)16-18(6,7)8/h11H2,1-10H3. The molecule has 0 amide bonds. The third kappa shape index (κ3) is 9.63. The highest BCUT2D eigenvalue weighted by molar-refractivity contribution is 6.88. The van der Waals surface area contributed by atoms with Crippen LogP contribution < -0.4 is 0 Å². The molecule has 0 rings (SSSR count). The van der Waals surface area contributed by atoms with Crippen LogP contribution in [0.2, 0.25) is 52.4 Å². The van der Waals surface area contributed by atoms with Crippen molar-refractivity contribution in [2.45, 2.75) is 78.2 Å². The molecule has 19 heavy (non-hydrogen) atoms. The summed E-state index contributed by atoms with van der Waals surface area (Å²) in [5.74, 6) is 3.39. The molecule has 0 aromatic heterocycles. The summed E-state index contributed by atoms with van der Waals surface area (Å²) in [6.45, 7) is 21.9. The molecule has 5 heteroatoms. The van der Waals surface area contributed by atoms with Gasteiger partial charge in [0, 0.05) is 0 Å². The van der Waals surface area contributed by atoms with Gasteiger partial charge in [0.1, 0.15) is 5.60 Å². The van der Waals surface area contributed by atoms with Crippen molar-refractivity contribution in [1.82, 2.24) is 0 Å². The van der Waals surface area contributed by atoms with Crippen molar-refractivity contribution in [3.63, 3.8) is 0 Å². The summed E-state index contributed by atoms with van der Waals surface area (Å²) in [6, 6.07) is 0. The van der Waals surface area contributed by atoms with Crippen molar-refractivity contribution < 1.29 is 8.54 Å². The molecule has 0 fully saturated rings. The van der Waals surface area contributed by atoms with Crippen molar-refractivity contribution in [3.05, 3.63) is 0 Å². The van der Waals surface area contributed by atoms with Gasteiger partial charge in [-0.15, -0.1) is 0 Å². The van der Waals surface area contributed by atoms with Crippen LogP contribution in [0.25, 0.3) is 0 Å².